The number of halogens is 1. The SMILES string of the molecule is CCCCCCNc1ccccc1I. The van der Waals surface area contributed by atoms with Gasteiger partial charge in [0.1, 0.15) is 0 Å². The maximum Gasteiger partial charge on any atom is 0.0475 e. The fraction of sp³-hybridized carbons (Fsp3) is 0.500. The third kappa shape index (κ3) is 4.31. The monoisotopic (exact) mass is 303 g/mol. The summed E-state index contributed by atoms with van der Waals surface area (Å²) in [6.45, 7) is 3.34. The van der Waals surface area contributed by atoms with E-state index in [-0.39, 0.29) is 0 Å². The zero-order valence-corrected chi connectivity index (χ0v) is 10.9. The molecule has 0 amide bonds. The normalized spacial score (nSPS) is 10.1. The highest BCUT2D eigenvalue weighted by Crippen LogP contribution is 2.16. The molecule has 0 atom stereocenters. The highest BCUT2D eigenvalue weighted by Gasteiger charge is 1.95. The van der Waals surface area contributed by atoms with Crippen LogP contribution in [0, 0.1) is 3.57 Å². The van der Waals surface area contributed by atoms with Crippen molar-refractivity contribution in [3.05, 3.63) is 27.8 Å². The zero-order valence-electron chi connectivity index (χ0n) is 8.72. The summed E-state index contributed by atoms with van der Waals surface area (Å²) in [4.78, 5) is 0. The van der Waals surface area contributed by atoms with Crippen LogP contribution in [0.1, 0.15) is 32.6 Å². The summed E-state index contributed by atoms with van der Waals surface area (Å²) in [6, 6.07) is 8.43. The van der Waals surface area contributed by atoms with E-state index in [4.69, 9.17) is 0 Å². The van der Waals surface area contributed by atoms with Crippen molar-refractivity contribution in [3.8, 4) is 0 Å². The van der Waals surface area contributed by atoms with E-state index < -0.39 is 0 Å². The van der Waals surface area contributed by atoms with Gasteiger partial charge in [-0.3, -0.25) is 0 Å². The number of benzene rings is 1. The van der Waals surface area contributed by atoms with Crippen LogP contribution in [0.4, 0.5) is 5.69 Å². The molecule has 0 saturated heterocycles. The van der Waals surface area contributed by atoms with Crippen LogP contribution in [-0.4, -0.2) is 6.54 Å². The Labute approximate surface area is 100 Å². The van der Waals surface area contributed by atoms with Crippen LogP contribution < -0.4 is 5.32 Å². The summed E-state index contributed by atoms with van der Waals surface area (Å²) < 4.78 is 1.31. The molecule has 2 heteroatoms. The van der Waals surface area contributed by atoms with Gasteiger partial charge in [-0.05, 0) is 41.1 Å². The Balaban J connectivity index is 2.21. The Kier molecular flexibility index (Phi) is 5.99. The van der Waals surface area contributed by atoms with Crippen LogP contribution in [0.25, 0.3) is 0 Å². The minimum atomic E-state index is 1.10. The largest absolute Gasteiger partial charge is 0.384 e. The van der Waals surface area contributed by atoms with E-state index in [2.05, 4.69) is 59.1 Å². The standard InChI is InChI=1S/C12H18IN/c1-2-3-4-7-10-14-12-9-6-5-8-11(12)13/h5-6,8-9,14H,2-4,7,10H2,1H3. The molecule has 1 aromatic rings. The van der Waals surface area contributed by atoms with Gasteiger partial charge >= 0.3 is 0 Å². The Morgan fingerprint density at radius 1 is 1.14 bits per heavy atom. The number of hydrogen-bond acceptors (Lipinski definition) is 1. The van der Waals surface area contributed by atoms with E-state index >= 15 is 0 Å². The number of anilines is 1. The summed E-state index contributed by atoms with van der Waals surface area (Å²) in [5, 5.41) is 3.46. The highest BCUT2D eigenvalue weighted by molar-refractivity contribution is 14.1. The van der Waals surface area contributed by atoms with Gasteiger partial charge in [0.2, 0.25) is 0 Å². The van der Waals surface area contributed by atoms with Crippen LogP contribution >= 0.6 is 22.6 Å². The van der Waals surface area contributed by atoms with Crippen molar-refractivity contribution >= 4 is 28.3 Å². The Morgan fingerprint density at radius 2 is 1.93 bits per heavy atom. The molecule has 14 heavy (non-hydrogen) atoms. The van der Waals surface area contributed by atoms with Crippen molar-refractivity contribution in [1.82, 2.24) is 0 Å². The molecule has 0 saturated carbocycles. The predicted molar refractivity (Wildman–Crippen MR) is 71.8 cm³/mol. The average Bonchev–Trinajstić information content (AvgIpc) is 2.20. The molecule has 0 spiro atoms. The van der Waals surface area contributed by atoms with Gasteiger partial charge in [-0.2, -0.15) is 0 Å². The first-order chi connectivity index (χ1) is 6.84. The second-order valence-electron chi connectivity index (χ2n) is 3.47. The Morgan fingerprint density at radius 3 is 2.64 bits per heavy atom. The van der Waals surface area contributed by atoms with E-state index in [0.717, 1.165) is 6.54 Å². The zero-order chi connectivity index (χ0) is 10.2. The van der Waals surface area contributed by atoms with Gasteiger partial charge in [-0.25, -0.2) is 0 Å². The first-order valence-corrected chi connectivity index (χ1v) is 6.41. The lowest BCUT2D eigenvalue weighted by Gasteiger charge is -2.07. The molecule has 0 fully saturated rings. The molecule has 0 unspecified atom stereocenters. The van der Waals surface area contributed by atoms with E-state index in [1.165, 1.54) is 34.9 Å². The Bertz CT molecular complexity index is 260. The first kappa shape index (κ1) is 11.8. The van der Waals surface area contributed by atoms with Gasteiger partial charge in [0.05, 0.1) is 0 Å². The molecule has 1 rings (SSSR count). The maximum absolute atomic E-state index is 3.46. The fourth-order valence-electron chi connectivity index (χ4n) is 1.38. The number of nitrogens with one attached hydrogen (secondary N) is 1. The molecule has 0 aliphatic rings. The lowest BCUT2D eigenvalue weighted by Crippen LogP contribution is -2.02. The van der Waals surface area contributed by atoms with Crippen molar-refractivity contribution in [2.75, 3.05) is 11.9 Å². The van der Waals surface area contributed by atoms with Crippen LogP contribution in [0.3, 0.4) is 0 Å². The average molecular weight is 303 g/mol. The highest BCUT2D eigenvalue weighted by atomic mass is 127. The third-order valence-corrected chi connectivity index (χ3v) is 3.16. The number of hydrogen-bond donors (Lipinski definition) is 1. The number of rotatable bonds is 6. The first-order valence-electron chi connectivity index (χ1n) is 5.33. The molecule has 1 N–H and O–H groups in total. The molecule has 0 aromatic heterocycles. The van der Waals surface area contributed by atoms with E-state index in [9.17, 15) is 0 Å². The predicted octanol–water partition coefficient (Wildman–Crippen LogP) is 4.28. The molecule has 1 nitrogen and oxygen atoms in total. The molecule has 1 aromatic carbocycles. The second kappa shape index (κ2) is 7.10. The van der Waals surface area contributed by atoms with E-state index in [0.29, 0.717) is 0 Å². The van der Waals surface area contributed by atoms with Gasteiger partial charge in [0, 0.05) is 15.8 Å². The lowest BCUT2D eigenvalue weighted by molar-refractivity contribution is 0.685. The minimum Gasteiger partial charge on any atom is -0.384 e. The van der Waals surface area contributed by atoms with Gasteiger partial charge in [-0.15, -0.1) is 0 Å². The summed E-state index contributed by atoms with van der Waals surface area (Å²) in [5.74, 6) is 0. The molecule has 78 valence electrons. The fourth-order valence-corrected chi connectivity index (χ4v) is 1.96. The van der Waals surface area contributed by atoms with Gasteiger partial charge < -0.3 is 5.32 Å². The number of para-hydroxylation sites is 1. The summed E-state index contributed by atoms with van der Waals surface area (Å²) in [6.07, 6.45) is 5.28. The summed E-state index contributed by atoms with van der Waals surface area (Å²) in [5.41, 5.74) is 1.27. The number of unbranched alkanes of at least 4 members (excludes halogenated alkanes) is 3. The van der Waals surface area contributed by atoms with E-state index in [1.54, 1.807) is 0 Å². The summed E-state index contributed by atoms with van der Waals surface area (Å²) in [7, 11) is 0. The molecule has 0 radical (unpaired) electrons. The molecule has 0 aliphatic carbocycles. The van der Waals surface area contributed by atoms with Gasteiger partial charge in [0.15, 0.2) is 0 Å². The Hall–Kier alpha value is -0.250. The topological polar surface area (TPSA) is 12.0 Å². The lowest BCUT2D eigenvalue weighted by atomic mass is 10.2. The van der Waals surface area contributed by atoms with Crippen LogP contribution in [0.2, 0.25) is 0 Å². The van der Waals surface area contributed by atoms with Crippen LogP contribution in [0.5, 0.6) is 0 Å². The van der Waals surface area contributed by atoms with Gasteiger partial charge in [0.25, 0.3) is 0 Å². The van der Waals surface area contributed by atoms with Crippen molar-refractivity contribution in [2.45, 2.75) is 32.6 Å². The van der Waals surface area contributed by atoms with Crippen molar-refractivity contribution in [1.29, 1.82) is 0 Å². The summed E-state index contributed by atoms with van der Waals surface area (Å²) >= 11 is 2.37. The maximum atomic E-state index is 3.46. The van der Waals surface area contributed by atoms with Crippen molar-refractivity contribution in [2.24, 2.45) is 0 Å². The quantitative estimate of drug-likeness (QED) is 0.611. The third-order valence-electron chi connectivity index (χ3n) is 2.22. The molecule has 0 bridgehead atoms. The molecule has 0 aliphatic heterocycles. The van der Waals surface area contributed by atoms with Crippen LogP contribution in [-0.2, 0) is 0 Å². The van der Waals surface area contributed by atoms with E-state index in [1.807, 2.05) is 0 Å². The van der Waals surface area contributed by atoms with Crippen molar-refractivity contribution in [3.63, 3.8) is 0 Å². The van der Waals surface area contributed by atoms with Gasteiger partial charge in [-0.1, -0.05) is 38.3 Å². The minimum absolute atomic E-state index is 1.10. The molecular weight excluding hydrogens is 285 g/mol. The smallest absolute Gasteiger partial charge is 0.0475 e. The second-order valence-corrected chi connectivity index (χ2v) is 4.63. The van der Waals surface area contributed by atoms with Crippen molar-refractivity contribution < 1.29 is 0 Å². The molecular formula is C12H18IN. The van der Waals surface area contributed by atoms with Crippen LogP contribution in [0.15, 0.2) is 24.3 Å². The molecule has 0 heterocycles.